The van der Waals surface area contributed by atoms with Gasteiger partial charge in [0.05, 0.1) is 10.5 Å². The number of sulfonamides is 1. The van der Waals surface area contributed by atoms with Crippen molar-refractivity contribution >= 4 is 21.7 Å². The highest BCUT2D eigenvalue weighted by Crippen LogP contribution is 2.28. The van der Waals surface area contributed by atoms with Crippen molar-refractivity contribution in [3.63, 3.8) is 0 Å². The van der Waals surface area contributed by atoms with Crippen molar-refractivity contribution in [2.45, 2.75) is 50.3 Å². The van der Waals surface area contributed by atoms with Crippen LogP contribution in [-0.4, -0.2) is 19.5 Å². The van der Waals surface area contributed by atoms with Crippen molar-refractivity contribution in [3.05, 3.63) is 95.1 Å². The minimum atomic E-state index is -3.68. The molecule has 0 aromatic heterocycles. The molecule has 0 fully saturated rings. The number of rotatable bonds is 9. The average molecular weight is 452 g/mol. The molecule has 0 aliphatic heterocycles. The molecule has 0 saturated carbocycles. The molecule has 0 saturated heterocycles. The molecule has 0 atom stereocenters. The molecule has 0 spiro atoms. The Morgan fingerprint density at radius 2 is 1.53 bits per heavy atom. The molecule has 3 rings (SSSR count). The molecule has 3 aromatic rings. The first-order valence-corrected chi connectivity index (χ1v) is 12.1. The molecular weight excluding hydrogens is 422 g/mol. The number of hydrogen-bond acceptors (Lipinski definition) is 3. The SMILES string of the molecule is CCC(C)(C)c1ccc(S(=O)(=O)Nc2ccc(CCc3ccccc3C(=O)O)cc2)cc1. The van der Waals surface area contributed by atoms with E-state index in [0.717, 1.165) is 23.1 Å². The molecule has 6 heteroatoms. The van der Waals surface area contributed by atoms with E-state index >= 15 is 0 Å². The van der Waals surface area contributed by atoms with Crippen LogP contribution in [0.3, 0.4) is 0 Å². The van der Waals surface area contributed by atoms with Crippen molar-refractivity contribution in [2.24, 2.45) is 0 Å². The summed E-state index contributed by atoms with van der Waals surface area (Å²) in [5.74, 6) is -0.934. The van der Waals surface area contributed by atoms with Gasteiger partial charge in [0.25, 0.3) is 10.0 Å². The summed E-state index contributed by atoms with van der Waals surface area (Å²) in [5, 5.41) is 9.30. The summed E-state index contributed by atoms with van der Waals surface area (Å²) in [6.07, 6.45) is 2.21. The van der Waals surface area contributed by atoms with E-state index < -0.39 is 16.0 Å². The normalized spacial score (nSPS) is 11.8. The summed E-state index contributed by atoms with van der Waals surface area (Å²) in [6, 6.07) is 21.2. The molecule has 0 bridgehead atoms. The van der Waals surface area contributed by atoms with Gasteiger partial charge in [0.1, 0.15) is 0 Å². The number of hydrogen-bond donors (Lipinski definition) is 2. The van der Waals surface area contributed by atoms with E-state index in [1.807, 2.05) is 36.4 Å². The second-order valence-electron chi connectivity index (χ2n) is 8.53. The van der Waals surface area contributed by atoms with E-state index in [1.165, 1.54) is 0 Å². The highest BCUT2D eigenvalue weighted by Gasteiger charge is 2.20. The fourth-order valence-electron chi connectivity index (χ4n) is 3.47. The molecule has 0 aliphatic rings. The summed E-state index contributed by atoms with van der Waals surface area (Å²) < 4.78 is 28.2. The first-order valence-electron chi connectivity index (χ1n) is 10.7. The zero-order chi connectivity index (χ0) is 23.4. The van der Waals surface area contributed by atoms with Crippen LogP contribution >= 0.6 is 0 Å². The molecule has 0 unspecified atom stereocenters. The molecule has 32 heavy (non-hydrogen) atoms. The predicted octanol–water partition coefficient (Wildman–Crippen LogP) is 5.66. The zero-order valence-electron chi connectivity index (χ0n) is 18.6. The maximum atomic E-state index is 12.8. The Kier molecular flexibility index (Phi) is 7.04. The van der Waals surface area contributed by atoms with Crippen LogP contribution in [-0.2, 0) is 28.3 Å². The Hall–Kier alpha value is -3.12. The van der Waals surface area contributed by atoms with E-state index in [0.29, 0.717) is 24.1 Å². The average Bonchev–Trinajstić information content (AvgIpc) is 2.78. The van der Waals surface area contributed by atoms with Gasteiger partial charge in [0, 0.05) is 5.69 Å². The van der Waals surface area contributed by atoms with E-state index in [9.17, 15) is 18.3 Å². The van der Waals surface area contributed by atoms with Gasteiger partial charge >= 0.3 is 5.97 Å². The van der Waals surface area contributed by atoms with Crippen molar-refractivity contribution < 1.29 is 18.3 Å². The quantitative estimate of drug-likeness (QED) is 0.440. The molecule has 0 heterocycles. The number of carbonyl (C=O) groups is 1. The highest BCUT2D eigenvalue weighted by molar-refractivity contribution is 7.92. The fourth-order valence-corrected chi connectivity index (χ4v) is 4.53. The van der Waals surface area contributed by atoms with E-state index in [-0.39, 0.29) is 10.3 Å². The zero-order valence-corrected chi connectivity index (χ0v) is 19.4. The molecule has 2 N–H and O–H groups in total. The lowest BCUT2D eigenvalue weighted by Crippen LogP contribution is -2.17. The second kappa shape index (κ2) is 9.57. The minimum absolute atomic E-state index is 0.00344. The predicted molar refractivity (Wildman–Crippen MR) is 128 cm³/mol. The van der Waals surface area contributed by atoms with Crippen LogP contribution in [0, 0.1) is 0 Å². The standard InChI is InChI=1S/C26H29NO4S/c1-4-26(2,3)21-13-17-23(18-14-21)32(30,31)27-22-15-10-19(11-16-22)9-12-20-7-5-6-8-24(20)25(28)29/h5-8,10-11,13-18,27H,4,9,12H2,1-3H3,(H,28,29). The van der Waals surface area contributed by atoms with Crippen LogP contribution in [0.15, 0.2) is 77.7 Å². The van der Waals surface area contributed by atoms with Gasteiger partial charge in [0.2, 0.25) is 0 Å². The molecule has 168 valence electrons. The maximum Gasteiger partial charge on any atom is 0.335 e. The van der Waals surface area contributed by atoms with Gasteiger partial charge in [-0.25, -0.2) is 13.2 Å². The topological polar surface area (TPSA) is 83.5 Å². The summed E-state index contributed by atoms with van der Waals surface area (Å²) >= 11 is 0. The molecule has 0 aliphatic carbocycles. The van der Waals surface area contributed by atoms with Crippen LogP contribution in [0.25, 0.3) is 0 Å². The largest absolute Gasteiger partial charge is 0.478 e. The lowest BCUT2D eigenvalue weighted by atomic mass is 9.82. The minimum Gasteiger partial charge on any atom is -0.478 e. The Balaban J connectivity index is 1.67. The van der Waals surface area contributed by atoms with Crippen LogP contribution in [0.4, 0.5) is 5.69 Å². The number of nitrogens with one attached hydrogen (secondary N) is 1. The summed E-state index contributed by atoms with van der Waals surface area (Å²) in [7, 11) is -3.68. The Morgan fingerprint density at radius 3 is 2.12 bits per heavy atom. The van der Waals surface area contributed by atoms with Crippen molar-refractivity contribution in [2.75, 3.05) is 4.72 Å². The molecule has 0 radical (unpaired) electrons. The van der Waals surface area contributed by atoms with Gasteiger partial charge in [-0.15, -0.1) is 0 Å². The van der Waals surface area contributed by atoms with E-state index in [4.69, 9.17) is 0 Å². The van der Waals surface area contributed by atoms with Gasteiger partial charge < -0.3 is 5.11 Å². The number of anilines is 1. The Morgan fingerprint density at radius 1 is 0.906 bits per heavy atom. The van der Waals surface area contributed by atoms with Crippen LogP contribution in [0.2, 0.25) is 0 Å². The number of aromatic carboxylic acids is 1. The second-order valence-corrected chi connectivity index (χ2v) is 10.2. The van der Waals surface area contributed by atoms with Crippen LogP contribution < -0.4 is 4.72 Å². The number of benzene rings is 3. The molecular formula is C26H29NO4S. The third-order valence-electron chi connectivity index (χ3n) is 5.97. The lowest BCUT2D eigenvalue weighted by molar-refractivity contribution is 0.0695. The Labute approximate surface area is 190 Å². The highest BCUT2D eigenvalue weighted by atomic mass is 32.2. The van der Waals surface area contributed by atoms with Crippen molar-refractivity contribution in [1.29, 1.82) is 0 Å². The summed E-state index contributed by atoms with van der Waals surface area (Å²) in [6.45, 7) is 6.38. The van der Waals surface area contributed by atoms with Gasteiger partial charge in [-0.3, -0.25) is 4.72 Å². The van der Waals surface area contributed by atoms with Gasteiger partial charge in [-0.05, 0) is 71.7 Å². The van der Waals surface area contributed by atoms with Gasteiger partial charge in [-0.1, -0.05) is 63.2 Å². The monoisotopic (exact) mass is 451 g/mol. The molecule has 0 amide bonds. The first-order chi connectivity index (χ1) is 15.1. The van der Waals surface area contributed by atoms with Gasteiger partial charge in [-0.2, -0.15) is 0 Å². The van der Waals surface area contributed by atoms with E-state index in [2.05, 4.69) is 25.5 Å². The van der Waals surface area contributed by atoms with Crippen molar-refractivity contribution in [1.82, 2.24) is 0 Å². The smallest absolute Gasteiger partial charge is 0.335 e. The molecule has 3 aromatic carbocycles. The number of carboxylic acid groups (broad SMARTS) is 1. The number of carboxylic acids is 1. The third kappa shape index (κ3) is 5.56. The van der Waals surface area contributed by atoms with Crippen molar-refractivity contribution in [3.8, 4) is 0 Å². The van der Waals surface area contributed by atoms with Gasteiger partial charge in [0.15, 0.2) is 0 Å². The number of aryl methyl sites for hydroxylation is 2. The maximum absolute atomic E-state index is 12.8. The van der Waals surface area contributed by atoms with Crippen LogP contribution in [0.5, 0.6) is 0 Å². The van der Waals surface area contributed by atoms with E-state index in [1.54, 1.807) is 36.4 Å². The summed E-state index contributed by atoms with van der Waals surface area (Å²) in [5.41, 5.74) is 3.67. The third-order valence-corrected chi connectivity index (χ3v) is 7.36. The lowest BCUT2D eigenvalue weighted by Gasteiger charge is -2.23. The first kappa shape index (κ1) is 23.5. The summed E-state index contributed by atoms with van der Waals surface area (Å²) in [4.78, 5) is 11.6. The molecule has 5 nitrogen and oxygen atoms in total. The fraction of sp³-hybridized carbons (Fsp3) is 0.269. The van der Waals surface area contributed by atoms with Crippen LogP contribution in [0.1, 0.15) is 54.2 Å². The Bertz CT molecular complexity index is 1180.